The minimum absolute atomic E-state index is 0.272. The highest BCUT2D eigenvalue weighted by Gasteiger charge is 2.38. The van der Waals surface area contributed by atoms with Crippen molar-refractivity contribution in [1.29, 1.82) is 0 Å². The van der Waals surface area contributed by atoms with Gasteiger partial charge >= 0.3 is 0 Å². The Balaban J connectivity index is 1.44. The third kappa shape index (κ3) is 3.23. The normalized spacial score (nSPS) is 32.8. The minimum Gasteiger partial charge on any atom is -0.375 e. The first-order chi connectivity index (χ1) is 8.36. The smallest absolute Gasteiger partial charge is 0.0697 e. The summed E-state index contributed by atoms with van der Waals surface area (Å²) in [6.07, 6.45) is 13.7. The lowest BCUT2D eigenvalue weighted by Crippen LogP contribution is -2.48. The average Bonchev–Trinajstić information content (AvgIpc) is 3.14. The summed E-state index contributed by atoms with van der Waals surface area (Å²) in [4.78, 5) is 0. The zero-order valence-electron chi connectivity index (χ0n) is 11.0. The Morgan fingerprint density at radius 1 is 1.06 bits per heavy atom. The van der Waals surface area contributed by atoms with Gasteiger partial charge in [-0.15, -0.1) is 0 Å². The summed E-state index contributed by atoms with van der Waals surface area (Å²) in [5.41, 5.74) is 0.272. The lowest BCUT2D eigenvalue weighted by molar-refractivity contribution is -0.109. The van der Waals surface area contributed by atoms with Crippen LogP contribution in [0.5, 0.6) is 0 Å². The third-order valence-electron chi connectivity index (χ3n) is 4.94. The van der Waals surface area contributed by atoms with Gasteiger partial charge in [-0.2, -0.15) is 0 Å². The third-order valence-corrected chi connectivity index (χ3v) is 4.94. The molecule has 2 nitrogen and oxygen atoms in total. The number of rotatable bonds is 4. The molecule has 1 heterocycles. The molecule has 2 aliphatic carbocycles. The maximum atomic E-state index is 6.14. The molecule has 3 rings (SSSR count). The summed E-state index contributed by atoms with van der Waals surface area (Å²) in [5.74, 6) is 1.06. The summed E-state index contributed by atoms with van der Waals surface area (Å²) < 4.78 is 6.14. The predicted octanol–water partition coefficient (Wildman–Crippen LogP) is 3.26. The monoisotopic (exact) mass is 237 g/mol. The molecular weight excluding hydrogens is 210 g/mol. The van der Waals surface area contributed by atoms with Crippen LogP contribution in [0.3, 0.4) is 0 Å². The molecule has 3 aliphatic rings. The molecule has 0 aromatic rings. The van der Waals surface area contributed by atoms with Gasteiger partial charge in [-0.25, -0.2) is 0 Å². The van der Waals surface area contributed by atoms with Crippen molar-refractivity contribution in [2.24, 2.45) is 5.92 Å². The van der Waals surface area contributed by atoms with Crippen molar-refractivity contribution in [2.75, 3.05) is 13.2 Å². The molecule has 98 valence electrons. The van der Waals surface area contributed by atoms with Crippen molar-refractivity contribution in [3.05, 3.63) is 0 Å². The molecule has 0 aromatic heterocycles. The minimum atomic E-state index is 0.272. The highest BCUT2D eigenvalue weighted by Crippen LogP contribution is 2.38. The van der Waals surface area contributed by atoms with Gasteiger partial charge in [0.25, 0.3) is 0 Å². The first-order valence-corrected chi connectivity index (χ1v) is 7.74. The number of nitrogens with one attached hydrogen (secondary N) is 1. The summed E-state index contributed by atoms with van der Waals surface area (Å²) in [6.45, 7) is 2.23. The number of ether oxygens (including phenoxy) is 1. The van der Waals surface area contributed by atoms with Crippen LogP contribution in [0, 0.1) is 5.92 Å². The molecule has 1 saturated heterocycles. The molecule has 3 fully saturated rings. The molecule has 2 saturated carbocycles. The topological polar surface area (TPSA) is 21.3 Å². The van der Waals surface area contributed by atoms with E-state index in [1.54, 1.807) is 0 Å². The standard InChI is InChI=1S/C15H27NO/c1-2-8-15(9-3-1)12-14(7-11-17-15)16-10-6-13-4-5-13/h13-14,16H,1-12H2. The van der Waals surface area contributed by atoms with Crippen molar-refractivity contribution < 1.29 is 4.74 Å². The van der Waals surface area contributed by atoms with E-state index in [2.05, 4.69) is 5.32 Å². The maximum Gasteiger partial charge on any atom is 0.0697 e. The van der Waals surface area contributed by atoms with E-state index in [-0.39, 0.29) is 5.60 Å². The maximum absolute atomic E-state index is 6.14. The molecule has 1 N–H and O–H groups in total. The van der Waals surface area contributed by atoms with Crippen LogP contribution in [-0.2, 0) is 4.74 Å². The molecule has 0 bridgehead atoms. The van der Waals surface area contributed by atoms with Crippen LogP contribution in [0.15, 0.2) is 0 Å². The average molecular weight is 237 g/mol. The van der Waals surface area contributed by atoms with E-state index in [1.807, 2.05) is 0 Å². The molecule has 0 aromatic carbocycles. The number of hydrogen-bond donors (Lipinski definition) is 1. The van der Waals surface area contributed by atoms with E-state index < -0.39 is 0 Å². The van der Waals surface area contributed by atoms with Crippen molar-refractivity contribution in [1.82, 2.24) is 5.32 Å². The molecule has 1 unspecified atom stereocenters. The Morgan fingerprint density at radius 3 is 2.65 bits per heavy atom. The Kier molecular flexibility index (Phi) is 3.72. The van der Waals surface area contributed by atoms with Crippen molar-refractivity contribution in [3.63, 3.8) is 0 Å². The Labute approximate surface area is 105 Å². The fourth-order valence-electron chi connectivity index (χ4n) is 3.64. The first-order valence-electron chi connectivity index (χ1n) is 7.74. The van der Waals surface area contributed by atoms with Gasteiger partial charge in [-0.3, -0.25) is 0 Å². The van der Waals surface area contributed by atoms with E-state index in [9.17, 15) is 0 Å². The number of hydrogen-bond acceptors (Lipinski definition) is 2. The van der Waals surface area contributed by atoms with Gasteiger partial charge in [0.2, 0.25) is 0 Å². The molecule has 0 radical (unpaired) electrons. The zero-order valence-corrected chi connectivity index (χ0v) is 11.0. The van der Waals surface area contributed by atoms with Gasteiger partial charge in [-0.1, -0.05) is 32.1 Å². The van der Waals surface area contributed by atoms with Gasteiger partial charge in [0.15, 0.2) is 0 Å². The SMILES string of the molecule is C1CCC2(CC1)CC(NCCC1CC1)CCO2. The second kappa shape index (κ2) is 5.27. The van der Waals surface area contributed by atoms with Crippen molar-refractivity contribution >= 4 is 0 Å². The van der Waals surface area contributed by atoms with Gasteiger partial charge in [0.1, 0.15) is 0 Å². The van der Waals surface area contributed by atoms with E-state index in [0.29, 0.717) is 0 Å². The molecule has 1 spiro atoms. The lowest BCUT2D eigenvalue weighted by atomic mass is 9.78. The molecule has 2 heteroatoms. The van der Waals surface area contributed by atoms with E-state index in [1.165, 1.54) is 70.8 Å². The van der Waals surface area contributed by atoms with Crippen LogP contribution in [0.25, 0.3) is 0 Å². The second-order valence-corrected chi connectivity index (χ2v) is 6.47. The predicted molar refractivity (Wildman–Crippen MR) is 70.1 cm³/mol. The van der Waals surface area contributed by atoms with Crippen LogP contribution < -0.4 is 5.32 Å². The quantitative estimate of drug-likeness (QED) is 0.810. The van der Waals surface area contributed by atoms with Crippen LogP contribution in [-0.4, -0.2) is 24.8 Å². The second-order valence-electron chi connectivity index (χ2n) is 6.47. The van der Waals surface area contributed by atoms with Crippen LogP contribution in [0.4, 0.5) is 0 Å². The van der Waals surface area contributed by atoms with E-state index >= 15 is 0 Å². The Morgan fingerprint density at radius 2 is 1.88 bits per heavy atom. The summed E-state index contributed by atoms with van der Waals surface area (Å²) in [6, 6.07) is 0.737. The van der Waals surface area contributed by atoms with Gasteiger partial charge < -0.3 is 10.1 Å². The van der Waals surface area contributed by atoms with Gasteiger partial charge in [-0.05, 0) is 44.6 Å². The fourth-order valence-corrected chi connectivity index (χ4v) is 3.64. The summed E-state index contributed by atoms with van der Waals surface area (Å²) in [7, 11) is 0. The molecule has 0 amide bonds. The highest BCUT2D eigenvalue weighted by atomic mass is 16.5. The Bertz CT molecular complexity index is 238. The van der Waals surface area contributed by atoms with E-state index in [0.717, 1.165) is 18.6 Å². The first kappa shape index (κ1) is 12.0. The van der Waals surface area contributed by atoms with E-state index in [4.69, 9.17) is 4.74 Å². The highest BCUT2D eigenvalue weighted by molar-refractivity contribution is 4.92. The van der Waals surface area contributed by atoms with Gasteiger partial charge in [0, 0.05) is 12.6 Å². The van der Waals surface area contributed by atoms with Crippen molar-refractivity contribution in [3.8, 4) is 0 Å². The molecular formula is C15H27NO. The summed E-state index contributed by atoms with van der Waals surface area (Å²) >= 11 is 0. The molecule has 17 heavy (non-hydrogen) atoms. The fraction of sp³-hybridized carbons (Fsp3) is 1.00. The Hall–Kier alpha value is -0.0800. The van der Waals surface area contributed by atoms with Gasteiger partial charge in [0.05, 0.1) is 5.60 Å². The summed E-state index contributed by atoms with van der Waals surface area (Å²) in [5, 5.41) is 3.78. The molecule has 1 atom stereocenters. The zero-order chi connectivity index (χ0) is 11.6. The molecule has 1 aliphatic heterocycles. The van der Waals surface area contributed by atoms with Crippen LogP contribution >= 0.6 is 0 Å². The largest absolute Gasteiger partial charge is 0.375 e. The van der Waals surface area contributed by atoms with Crippen LogP contribution in [0.1, 0.15) is 64.2 Å². The van der Waals surface area contributed by atoms with Crippen molar-refractivity contribution in [2.45, 2.75) is 75.9 Å². The van der Waals surface area contributed by atoms with Crippen LogP contribution in [0.2, 0.25) is 0 Å². The lowest BCUT2D eigenvalue weighted by Gasteiger charge is -2.43.